The van der Waals surface area contributed by atoms with Gasteiger partial charge in [-0.15, -0.1) is 0 Å². The zero-order chi connectivity index (χ0) is 9.78. The second-order valence-electron chi connectivity index (χ2n) is 3.83. The molecule has 12 heavy (non-hydrogen) atoms. The Morgan fingerprint density at radius 3 is 2.17 bits per heavy atom. The Morgan fingerprint density at radius 2 is 1.92 bits per heavy atom. The molecule has 72 valence electrons. The van der Waals surface area contributed by atoms with E-state index in [1.807, 2.05) is 13.8 Å². The smallest absolute Gasteiger partial charge is 0.138 e. The van der Waals surface area contributed by atoms with E-state index in [2.05, 4.69) is 0 Å². The summed E-state index contributed by atoms with van der Waals surface area (Å²) in [4.78, 5) is 11.5. The monoisotopic (exact) mass is 172 g/mol. The van der Waals surface area contributed by atoms with E-state index in [9.17, 15) is 9.90 Å². The van der Waals surface area contributed by atoms with E-state index < -0.39 is 5.60 Å². The molecule has 1 unspecified atom stereocenters. The lowest BCUT2D eigenvalue weighted by atomic mass is 9.84. The van der Waals surface area contributed by atoms with Gasteiger partial charge < -0.3 is 5.11 Å². The van der Waals surface area contributed by atoms with Crippen LogP contribution in [0.3, 0.4) is 0 Å². The minimum Gasteiger partial charge on any atom is -0.390 e. The third kappa shape index (κ3) is 3.35. The molecule has 0 aliphatic carbocycles. The van der Waals surface area contributed by atoms with Crippen molar-refractivity contribution in [2.45, 2.75) is 52.6 Å². The SMILES string of the molecule is CCCC(=O)C(CC)C(C)(C)O. The summed E-state index contributed by atoms with van der Waals surface area (Å²) in [5.41, 5.74) is -0.860. The molecule has 0 radical (unpaired) electrons. The first kappa shape index (κ1) is 11.6. The summed E-state index contributed by atoms with van der Waals surface area (Å²) in [6, 6.07) is 0. The Balaban J connectivity index is 4.25. The molecule has 0 rings (SSSR count). The van der Waals surface area contributed by atoms with Crippen molar-refractivity contribution in [1.82, 2.24) is 0 Å². The van der Waals surface area contributed by atoms with E-state index in [-0.39, 0.29) is 11.7 Å². The fourth-order valence-electron chi connectivity index (χ4n) is 1.54. The molecule has 0 aromatic rings. The Bertz CT molecular complexity index is 144. The molecule has 0 aliphatic heterocycles. The molecule has 0 amide bonds. The first-order valence-electron chi connectivity index (χ1n) is 4.68. The molecule has 2 heteroatoms. The summed E-state index contributed by atoms with van der Waals surface area (Å²) >= 11 is 0. The fraction of sp³-hybridized carbons (Fsp3) is 0.900. The largest absolute Gasteiger partial charge is 0.390 e. The van der Waals surface area contributed by atoms with Crippen molar-refractivity contribution in [2.24, 2.45) is 5.92 Å². The van der Waals surface area contributed by atoms with Crippen molar-refractivity contribution >= 4 is 5.78 Å². The molecular weight excluding hydrogens is 152 g/mol. The van der Waals surface area contributed by atoms with Crippen LogP contribution in [0.2, 0.25) is 0 Å². The summed E-state index contributed by atoms with van der Waals surface area (Å²) in [7, 11) is 0. The van der Waals surface area contributed by atoms with Crippen molar-refractivity contribution < 1.29 is 9.90 Å². The second kappa shape index (κ2) is 4.61. The summed E-state index contributed by atoms with van der Waals surface area (Å²) in [5, 5.41) is 9.65. The Kier molecular flexibility index (Phi) is 4.46. The zero-order valence-corrected chi connectivity index (χ0v) is 8.55. The van der Waals surface area contributed by atoms with Crippen LogP contribution < -0.4 is 0 Å². The normalized spacial score (nSPS) is 14.4. The number of rotatable bonds is 5. The van der Waals surface area contributed by atoms with E-state index >= 15 is 0 Å². The van der Waals surface area contributed by atoms with Crippen molar-refractivity contribution in [1.29, 1.82) is 0 Å². The molecule has 0 aromatic carbocycles. The summed E-state index contributed by atoms with van der Waals surface area (Å²) < 4.78 is 0. The van der Waals surface area contributed by atoms with E-state index in [0.717, 1.165) is 12.8 Å². The number of aliphatic hydroxyl groups is 1. The standard InChI is InChI=1S/C10H20O2/c1-5-7-9(11)8(6-2)10(3,4)12/h8,12H,5-7H2,1-4H3. The highest BCUT2D eigenvalue weighted by molar-refractivity contribution is 5.81. The molecule has 1 atom stereocenters. The van der Waals surface area contributed by atoms with Crippen LogP contribution >= 0.6 is 0 Å². The number of ketones is 1. The van der Waals surface area contributed by atoms with Gasteiger partial charge in [0.1, 0.15) is 5.78 Å². The number of hydrogen-bond donors (Lipinski definition) is 1. The molecule has 0 fully saturated rings. The Morgan fingerprint density at radius 1 is 1.42 bits per heavy atom. The van der Waals surface area contributed by atoms with Crippen LogP contribution in [0.15, 0.2) is 0 Å². The lowest BCUT2D eigenvalue weighted by Gasteiger charge is -2.26. The molecule has 0 spiro atoms. The van der Waals surface area contributed by atoms with Gasteiger partial charge in [-0.05, 0) is 26.7 Å². The van der Waals surface area contributed by atoms with Gasteiger partial charge in [-0.1, -0.05) is 13.8 Å². The van der Waals surface area contributed by atoms with Crippen LogP contribution in [-0.2, 0) is 4.79 Å². The van der Waals surface area contributed by atoms with Crippen LogP contribution in [0.1, 0.15) is 47.0 Å². The van der Waals surface area contributed by atoms with Crippen LogP contribution in [-0.4, -0.2) is 16.5 Å². The lowest BCUT2D eigenvalue weighted by molar-refractivity contribution is -0.130. The average Bonchev–Trinajstić information content (AvgIpc) is 1.85. The van der Waals surface area contributed by atoms with Crippen LogP contribution in [0, 0.1) is 5.92 Å². The van der Waals surface area contributed by atoms with Crippen LogP contribution in [0.25, 0.3) is 0 Å². The Labute approximate surface area is 75.0 Å². The molecule has 0 heterocycles. The van der Waals surface area contributed by atoms with Crippen LogP contribution in [0.4, 0.5) is 0 Å². The maximum absolute atomic E-state index is 11.5. The van der Waals surface area contributed by atoms with Gasteiger partial charge >= 0.3 is 0 Å². The number of carbonyl (C=O) groups is 1. The number of carbonyl (C=O) groups excluding carboxylic acids is 1. The van der Waals surface area contributed by atoms with Gasteiger partial charge in [-0.25, -0.2) is 0 Å². The van der Waals surface area contributed by atoms with E-state index in [0.29, 0.717) is 6.42 Å². The highest BCUT2D eigenvalue weighted by Crippen LogP contribution is 2.22. The van der Waals surface area contributed by atoms with E-state index in [4.69, 9.17) is 0 Å². The second-order valence-corrected chi connectivity index (χ2v) is 3.83. The average molecular weight is 172 g/mol. The molecule has 0 saturated carbocycles. The first-order chi connectivity index (χ1) is 5.43. The van der Waals surface area contributed by atoms with Gasteiger partial charge in [-0.3, -0.25) is 4.79 Å². The zero-order valence-electron chi connectivity index (χ0n) is 8.55. The maximum Gasteiger partial charge on any atom is 0.138 e. The number of Topliss-reactive ketones (excluding diaryl/α,β-unsaturated/α-hetero) is 1. The highest BCUT2D eigenvalue weighted by Gasteiger charge is 2.30. The third-order valence-corrected chi connectivity index (χ3v) is 2.15. The van der Waals surface area contributed by atoms with Gasteiger partial charge in [0, 0.05) is 12.3 Å². The van der Waals surface area contributed by atoms with Crippen molar-refractivity contribution in [3.05, 3.63) is 0 Å². The van der Waals surface area contributed by atoms with Gasteiger partial charge in [0.25, 0.3) is 0 Å². The van der Waals surface area contributed by atoms with Crippen molar-refractivity contribution in [3.63, 3.8) is 0 Å². The molecular formula is C10H20O2. The molecule has 1 N–H and O–H groups in total. The number of hydrogen-bond acceptors (Lipinski definition) is 2. The lowest BCUT2D eigenvalue weighted by Crippen LogP contribution is -2.36. The third-order valence-electron chi connectivity index (χ3n) is 2.15. The summed E-state index contributed by atoms with van der Waals surface area (Å²) in [5.74, 6) is -0.00931. The quantitative estimate of drug-likeness (QED) is 0.690. The minimum absolute atomic E-state index is 0.188. The van der Waals surface area contributed by atoms with Gasteiger partial charge in [-0.2, -0.15) is 0 Å². The first-order valence-corrected chi connectivity index (χ1v) is 4.68. The van der Waals surface area contributed by atoms with Crippen LogP contribution in [0.5, 0.6) is 0 Å². The molecule has 0 saturated heterocycles. The summed E-state index contributed by atoms with van der Waals surface area (Å²) in [6.07, 6.45) is 2.18. The maximum atomic E-state index is 11.5. The molecule has 0 aromatic heterocycles. The molecule has 0 aliphatic rings. The topological polar surface area (TPSA) is 37.3 Å². The molecule has 2 nitrogen and oxygen atoms in total. The van der Waals surface area contributed by atoms with Crippen molar-refractivity contribution in [3.8, 4) is 0 Å². The Hall–Kier alpha value is -0.370. The molecule has 0 bridgehead atoms. The van der Waals surface area contributed by atoms with Gasteiger partial charge in [0.15, 0.2) is 0 Å². The van der Waals surface area contributed by atoms with E-state index in [1.165, 1.54) is 0 Å². The minimum atomic E-state index is -0.860. The predicted molar refractivity (Wildman–Crippen MR) is 50.0 cm³/mol. The van der Waals surface area contributed by atoms with E-state index in [1.54, 1.807) is 13.8 Å². The van der Waals surface area contributed by atoms with Gasteiger partial charge in [0.05, 0.1) is 5.60 Å². The highest BCUT2D eigenvalue weighted by atomic mass is 16.3. The predicted octanol–water partition coefficient (Wildman–Crippen LogP) is 2.15. The summed E-state index contributed by atoms with van der Waals surface area (Å²) in [6.45, 7) is 7.33. The van der Waals surface area contributed by atoms with Crippen molar-refractivity contribution in [2.75, 3.05) is 0 Å². The van der Waals surface area contributed by atoms with Gasteiger partial charge in [0.2, 0.25) is 0 Å². The fourth-order valence-corrected chi connectivity index (χ4v) is 1.54.